The van der Waals surface area contributed by atoms with Crippen molar-refractivity contribution in [1.82, 2.24) is 0 Å². The number of fused-ring (bicyclic) bond motifs is 1. The Bertz CT molecular complexity index is 759. The number of anilines is 1. The molecule has 0 aromatic heterocycles. The Balaban J connectivity index is 2.04. The molecule has 2 aromatic carbocycles. The van der Waals surface area contributed by atoms with E-state index in [1.807, 2.05) is 13.0 Å². The van der Waals surface area contributed by atoms with E-state index in [1.54, 1.807) is 48.5 Å². The molecule has 124 valence electrons. The van der Waals surface area contributed by atoms with Gasteiger partial charge in [0.2, 0.25) is 5.78 Å². The third kappa shape index (κ3) is 2.73. The van der Waals surface area contributed by atoms with Gasteiger partial charge in [0.1, 0.15) is 0 Å². The van der Waals surface area contributed by atoms with Gasteiger partial charge in [-0.2, -0.15) is 0 Å². The molecular formula is C20H20FNO2. The first-order chi connectivity index (χ1) is 11.6. The van der Waals surface area contributed by atoms with Gasteiger partial charge in [-0.3, -0.25) is 9.59 Å². The van der Waals surface area contributed by atoms with Crippen LogP contribution in [0.15, 0.2) is 54.6 Å². The lowest BCUT2D eigenvalue weighted by atomic mass is 9.83. The standard InChI is InChI=1S/C20H20FNO2/c1-2-3-13-22-17-12-8-7-11-16(17)18(23)20(21,19(22)24)14-15-9-5-4-6-10-15/h4-12H,2-3,13-14H2,1H3. The number of carbonyl (C=O) groups excluding carboxylic acids is 2. The van der Waals surface area contributed by atoms with Gasteiger partial charge in [-0.15, -0.1) is 0 Å². The second-order valence-corrected chi connectivity index (χ2v) is 6.12. The van der Waals surface area contributed by atoms with E-state index in [9.17, 15) is 9.59 Å². The summed E-state index contributed by atoms with van der Waals surface area (Å²) in [4.78, 5) is 27.0. The van der Waals surface area contributed by atoms with Gasteiger partial charge in [0.15, 0.2) is 0 Å². The second kappa shape index (κ2) is 6.56. The van der Waals surface area contributed by atoms with Crippen molar-refractivity contribution in [3.8, 4) is 0 Å². The minimum Gasteiger partial charge on any atom is -0.308 e. The molecule has 0 aliphatic carbocycles. The van der Waals surface area contributed by atoms with E-state index in [2.05, 4.69) is 0 Å². The summed E-state index contributed by atoms with van der Waals surface area (Å²) in [6.45, 7) is 2.43. The molecule has 0 saturated heterocycles. The van der Waals surface area contributed by atoms with E-state index in [0.717, 1.165) is 12.8 Å². The number of para-hydroxylation sites is 1. The zero-order chi connectivity index (χ0) is 17.2. The van der Waals surface area contributed by atoms with Gasteiger partial charge < -0.3 is 4.90 Å². The van der Waals surface area contributed by atoms with Crippen LogP contribution in [0.1, 0.15) is 35.7 Å². The summed E-state index contributed by atoms with van der Waals surface area (Å²) in [5, 5.41) is 0. The smallest absolute Gasteiger partial charge is 0.273 e. The average Bonchev–Trinajstić information content (AvgIpc) is 2.61. The summed E-state index contributed by atoms with van der Waals surface area (Å²) in [6, 6.07) is 15.6. The lowest BCUT2D eigenvalue weighted by Crippen LogP contribution is -2.57. The maximum atomic E-state index is 15.7. The van der Waals surface area contributed by atoms with E-state index in [-0.39, 0.29) is 12.0 Å². The Morgan fingerprint density at radius 1 is 1.00 bits per heavy atom. The molecule has 1 amide bonds. The third-order valence-corrected chi connectivity index (χ3v) is 4.41. The fourth-order valence-electron chi connectivity index (χ4n) is 3.11. The summed E-state index contributed by atoms with van der Waals surface area (Å²) < 4.78 is 15.7. The molecular weight excluding hydrogens is 305 g/mol. The van der Waals surface area contributed by atoms with Crippen LogP contribution >= 0.6 is 0 Å². The number of ketones is 1. The number of rotatable bonds is 5. The van der Waals surface area contributed by atoms with E-state index < -0.39 is 17.4 Å². The monoisotopic (exact) mass is 325 g/mol. The molecule has 0 N–H and O–H groups in total. The fraction of sp³-hybridized carbons (Fsp3) is 0.300. The number of hydrogen-bond acceptors (Lipinski definition) is 2. The maximum absolute atomic E-state index is 15.7. The number of hydrogen-bond donors (Lipinski definition) is 0. The van der Waals surface area contributed by atoms with Gasteiger partial charge in [0.05, 0.1) is 5.69 Å². The number of nitrogens with zero attached hydrogens (tertiary/aromatic N) is 1. The molecule has 4 heteroatoms. The zero-order valence-corrected chi connectivity index (χ0v) is 13.7. The molecule has 0 radical (unpaired) electrons. The van der Waals surface area contributed by atoms with Gasteiger partial charge in [-0.05, 0) is 24.1 Å². The molecule has 0 spiro atoms. The second-order valence-electron chi connectivity index (χ2n) is 6.12. The molecule has 1 unspecified atom stereocenters. The summed E-state index contributed by atoms with van der Waals surface area (Å²) in [5.41, 5.74) is -1.10. The third-order valence-electron chi connectivity index (χ3n) is 4.41. The first-order valence-electron chi connectivity index (χ1n) is 8.26. The molecule has 0 fully saturated rings. The van der Waals surface area contributed by atoms with Gasteiger partial charge >= 0.3 is 0 Å². The lowest BCUT2D eigenvalue weighted by Gasteiger charge is -2.36. The Kier molecular flexibility index (Phi) is 4.47. The SMILES string of the molecule is CCCCN1C(=O)C(F)(Cc2ccccc2)C(=O)c2ccccc21. The highest BCUT2D eigenvalue weighted by atomic mass is 19.1. The maximum Gasteiger partial charge on any atom is 0.273 e. The predicted octanol–water partition coefficient (Wildman–Crippen LogP) is 3.97. The van der Waals surface area contributed by atoms with E-state index >= 15 is 4.39 Å². The summed E-state index contributed by atoms with van der Waals surface area (Å²) >= 11 is 0. The van der Waals surface area contributed by atoms with Crippen LogP contribution in [0.2, 0.25) is 0 Å². The van der Waals surface area contributed by atoms with Gasteiger partial charge in [-0.1, -0.05) is 55.8 Å². The highest BCUT2D eigenvalue weighted by Crippen LogP contribution is 2.37. The van der Waals surface area contributed by atoms with Crippen LogP contribution in [0.25, 0.3) is 0 Å². The normalized spacial score (nSPS) is 20.2. The lowest BCUT2D eigenvalue weighted by molar-refractivity contribution is -0.127. The van der Waals surface area contributed by atoms with Crippen molar-refractivity contribution < 1.29 is 14.0 Å². The summed E-state index contributed by atoms with van der Waals surface area (Å²) in [6.07, 6.45) is 1.41. The number of halogens is 1. The van der Waals surface area contributed by atoms with Crippen LogP contribution in [0.3, 0.4) is 0 Å². The number of Topliss-reactive ketones (excluding diaryl/α,β-unsaturated/α-hetero) is 1. The van der Waals surface area contributed by atoms with Crippen molar-refractivity contribution in [2.75, 3.05) is 11.4 Å². The largest absolute Gasteiger partial charge is 0.308 e. The average molecular weight is 325 g/mol. The van der Waals surface area contributed by atoms with Crippen molar-refractivity contribution in [2.24, 2.45) is 0 Å². The van der Waals surface area contributed by atoms with E-state index in [4.69, 9.17) is 0 Å². The van der Waals surface area contributed by atoms with Gasteiger partial charge in [0, 0.05) is 18.5 Å². The van der Waals surface area contributed by atoms with Crippen LogP contribution < -0.4 is 4.90 Å². The molecule has 3 nitrogen and oxygen atoms in total. The Labute approximate surface area is 141 Å². The Morgan fingerprint density at radius 2 is 1.67 bits per heavy atom. The van der Waals surface area contributed by atoms with Gasteiger partial charge in [0.25, 0.3) is 11.6 Å². The van der Waals surface area contributed by atoms with Crippen molar-refractivity contribution >= 4 is 17.4 Å². The number of unbranched alkanes of at least 4 members (excludes halogenated alkanes) is 1. The topological polar surface area (TPSA) is 37.4 Å². The number of alkyl halides is 1. The van der Waals surface area contributed by atoms with Crippen molar-refractivity contribution in [1.29, 1.82) is 0 Å². The van der Waals surface area contributed by atoms with Crippen LogP contribution in [-0.4, -0.2) is 23.9 Å². The molecule has 1 aliphatic rings. The molecule has 0 saturated carbocycles. The molecule has 2 aromatic rings. The minimum atomic E-state index is -2.54. The van der Waals surface area contributed by atoms with Crippen molar-refractivity contribution in [3.05, 3.63) is 65.7 Å². The van der Waals surface area contributed by atoms with Gasteiger partial charge in [-0.25, -0.2) is 4.39 Å². The molecule has 1 atom stereocenters. The molecule has 1 aliphatic heterocycles. The number of amides is 1. The zero-order valence-electron chi connectivity index (χ0n) is 13.7. The summed E-state index contributed by atoms with van der Waals surface area (Å²) in [5.74, 6) is -1.48. The predicted molar refractivity (Wildman–Crippen MR) is 92.0 cm³/mol. The quantitative estimate of drug-likeness (QED) is 0.780. The van der Waals surface area contributed by atoms with Crippen molar-refractivity contribution in [3.63, 3.8) is 0 Å². The molecule has 24 heavy (non-hydrogen) atoms. The Hall–Kier alpha value is -2.49. The minimum absolute atomic E-state index is 0.234. The summed E-state index contributed by atoms with van der Waals surface area (Å²) in [7, 11) is 0. The van der Waals surface area contributed by atoms with Crippen LogP contribution in [-0.2, 0) is 11.2 Å². The Morgan fingerprint density at radius 3 is 2.38 bits per heavy atom. The fourth-order valence-corrected chi connectivity index (χ4v) is 3.11. The highest BCUT2D eigenvalue weighted by Gasteiger charge is 2.53. The molecule has 0 bridgehead atoms. The number of benzene rings is 2. The highest BCUT2D eigenvalue weighted by molar-refractivity contribution is 6.27. The van der Waals surface area contributed by atoms with Crippen LogP contribution in [0.4, 0.5) is 10.1 Å². The first-order valence-corrected chi connectivity index (χ1v) is 8.26. The van der Waals surface area contributed by atoms with E-state index in [0.29, 0.717) is 17.8 Å². The molecule has 1 heterocycles. The van der Waals surface area contributed by atoms with Crippen molar-refractivity contribution in [2.45, 2.75) is 31.9 Å². The van der Waals surface area contributed by atoms with E-state index in [1.165, 1.54) is 4.90 Å². The van der Waals surface area contributed by atoms with Crippen LogP contribution in [0.5, 0.6) is 0 Å². The first kappa shape index (κ1) is 16.4. The molecule has 3 rings (SSSR count). The number of carbonyl (C=O) groups is 2. The van der Waals surface area contributed by atoms with Crippen LogP contribution in [0, 0.1) is 0 Å².